The van der Waals surface area contributed by atoms with Crippen molar-refractivity contribution in [2.75, 3.05) is 13.2 Å². The first-order chi connectivity index (χ1) is 6.65. The SMILES string of the molecule is O=C(NCCF)c1cc(I)ccc1O. The lowest BCUT2D eigenvalue weighted by Crippen LogP contribution is -2.25. The molecule has 0 aromatic heterocycles. The van der Waals surface area contributed by atoms with Crippen LogP contribution < -0.4 is 5.32 Å². The highest BCUT2D eigenvalue weighted by Crippen LogP contribution is 2.19. The van der Waals surface area contributed by atoms with Gasteiger partial charge in [0.2, 0.25) is 0 Å². The highest BCUT2D eigenvalue weighted by molar-refractivity contribution is 14.1. The molecule has 76 valence electrons. The van der Waals surface area contributed by atoms with Crippen molar-refractivity contribution in [1.82, 2.24) is 5.32 Å². The van der Waals surface area contributed by atoms with Gasteiger partial charge in [-0.15, -0.1) is 0 Å². The summed E-state index contributed by atoms with van der Waals surface area (Å²) in [6.07, 6.45) is 0. The van der Waals surface area contributed by atoms with Gasteiger partial charge in [-0.05, 0) is 40.8 Å². The smallest absolute Gasteiger partial charge is 0.255 e. The summed E-state index contributed by atoms with van der Waals surface area (Å²) < 4.78 is 12.6. The van der Waals surface area contributed by atoms with E-state index in [1.807, 2.05) is 22.6 Å². The maximum atomic E-state index is 11.8. The highest BCUT2D eigenvalue weighted by atomic mass is 127. The molecule has 1 aromatic carbocycles. The molecule has 1 aromatic rings. The van der Waals surface area contributed by atoms with Crippen LogP contribution in [0.4, 0.5) is 4.39 Å². The van der Waals surface area contributed by atoms with Crippen LogP contribution in [0.5, 0.6) is 5.75 Å². The second-order valence-corrected chi connectivity index (χ2v) is 3.85. The summed E-state index contributed by atoms with van der Waals surface area (Å²) >= 11 is 2.03. The number of phenolic OH excluding ortho intramolecular Hbond substituents is 1. The van der Waals surface area contributed by atoms with Crippen molar-refractivity contribution < 1.29 is 14.3 Å². The van der Waals surface area contributed by atoms with Crippen molar-refractivity contribution in [2.24, 2.45) is 0 Å². The number of carbonyl (C=O) groups is 1. The second-order valence-electron chi connectivity index (χ2n) is 2.61. The number of nitrogens with one attached hydrogen (secondary N) is 1. The van der Waals surface area contributed by atoms with Crippen molar-refractivity contribution in [1.29, 1.82) is 0 Å². The Morgan fingerprint density at radius 1 is 1.57 bits per heavy atom. The Morgan fingerprint density at radius 3 is 2.93 bits per heavy atom. The van der Waals surface area contributed by atoms with E-state index in [2.05, 4.69) is 5.32 Å². The van der Waals surface area contributed by atoms with Gasteiger partial charge in [-0.1, -0.05) is 0 Å². The van der Waals surface area contributed by atoms with Crippen molar-refractivity contribution in [2.45, 2.75) is 0 Å². The lowest BCUT2D eigenvalue weighted by molar-refractivity contribution is 0.0948. The number of aromatic hydroxyl groups is 1. The van der Waals surface area contributed by atoms with Gasteiger partial charge in [0.1, 0.15) is 12.4 Å². The Bertz CT molecular complexity index is 344. The number of rotatable bonds is 3. The largest absolute Gasteiger partial charge is 0.507 e. The standard InChI is InChI=1S/C9H9FINO2/c10-3-4-12-9(14)7-5-6(11)1-2-8(7)13/h1-2,5,13H,3-4H2,(H,12,14). The predicted octanol–water partition coefficient (Wildman–Crippen LogP) is 1.70. The second kappa shape index (κ2) is 5.14. The van der Waals surface area contributed by atoms with Gasteiger partial charge in [0, 0.05) is 10.1 Å². The molecule has 0 radical (unpaired) electrons. The van der Waals surface area contributed by atoms with Crippen molar-refractivity contribution in [3.8, 4) is 5.75 Å². The minimum absolute atomic E-state index is 0.0379. The molecule has 0 unspecified atom stereocenters. The number of hydrogen-bond donors (Lipinski definition) is 2. The summed E-state index contributed by atoms with van der Waals surface area (Å²) in [6.45, 7) is -0.653. The molecule has 0 heterocycles. The molecule has 3 nitrogen and oxygen atoms in total. The topological polar surface area (TPSA) is 49.3 Å². The summed E-state index contributed by atoms with van der Waals surface area (Å²) in [5, 5.41) is 11.7. The molecule has 0 bridgehead atoms. The van der Waals surface area contributed by atoms with E-state index in [-0.39, 0.29) is 17.9 Å². The molecule has 0 atom stereocenters. The van der Waals surface area contributed by atoms with Crippen LogP contribution in [0.15, 0.2) is 18.2 Å². The summed E-state index contributed by atoms with van der Waals surface area (Å²) in [4.78, 5) is 11.3. The third kappa shape index (κ3) is 2.83. The molecule has 0 aliphatic rings. The maximum Gasteiger partial charge on any atom is 0.255 e. The van der Waals surface area contributed by atoms with Gasteiger partial charge < -0.3 is 10.4 Å². The average Bonchev–Trinajstić information content (AvgIpc) is 2.18. The van der Waals surface area contributed by atoms with Crippen molar-refractivity contribution in [3.63, 3.8) is 0 Å². The molecule has 1 amide bonds. The van der Waals surface area contributed by atoms with Crippen LogP contribution in [0.2, 0.25) is 0 Å². The van der Waals surface area contributed by atoms with Gasteiger partial charge in [-0.2, -0.15) is 0 Å². The number of halogens is 2. The molecule has 0 aliphatic carbocycles. The normalized spacial score (nSPS) is 9.86. The Labute approximate surface area is 94.5 Å². The van der Waals surface area contributed by atoms with E-state index in [0.29, 0.717) is 0 Å². The summed E-state index contributed by atoms with van der Waals surface area (Å²) in [6, 6.07) is 4.66. The molecule has 14 heavy (non-hydrogen) atoms. The van der Waals surface area contributed by atoms with Crippen LogP contribution in [0.25, 0.3) is 0 Å². The molecule has 2 N–H and O–H groups in total. The lowest BCUT2D eigenvalue weighted by Gasteiger charge is -2.05. The molecular weight excluding hydrogens is 300 g/mol. The molecule has 0 fully saturated rings. The van der Waals surface area contributed by atoms with E-state index in [1.165, 1.54) is 6.07 Å². The zero-order valence-electron chi connectivity index (χ0n) is 7.26. The quantitative estimate of drug-likeness (QED) is 0.835. The van der Waals surface area contributed by atoms with Crippen LogP contribution in [-0.4, -0.2) is 24.2 Å². The third-order valence-electron chi connectivity index (χ3n) is 1.58. The molecule has 0 aliphatic heterocycles. The zero-order chi connectivity index (χ0) is 10.6. The van der Waals surface area contributed by atoms with E-state index < -0.39 is 12.6 Å². The van der Waals surface area contributed by atoms with E-state index in [0.717, 1.165) is 3.57 Å². The average molecular weight is 309 g/mol. The zero-order valence-corrected chi connectivity index (χ0v) is 9.42. The Kier molecular flexibility index (Phi) is 4.12. The minimum atomic E-state index is -0.615. The molecule has 5 heteroatoms. The molecule has 1 rings (SSSR count). The van der Waals surface area contributed by atoms with Crippen molar-refractivity contribution >= 4 is 28.5 Å². The van der Waals surface area contributed by atoms with E-state index in [4.69, 9.17) is 0 Å². The molecular formula is C9H9FINO2. The summed E-state index contributed by atoms with van der Waals surface area (Å²) in [7, 11) is 0. The minimum Gasteiger partial charge on any atom is -0.507 e. The molecule has 0 spiro atoms. The summed E-state index contributed by atoms with van der Waals surface area (Å²) in [5.41, 5.74) is 0.172. The number of amides is 1. The van der Waals surface area contributed by atoms with Crippen LogP contribution in [0.1, 0.15) is 10.4 Å². The Hall–Kier alpha value is -0.850. The predicted molar refractivity (Wildman–Crippen MR) is 59.1 cm³/mol. The molecule has 0 saturated heterocycles. The first-order valence-electron chi connectivity index (χ1n) is 3.98. The number of benzene rings is 1. The van der Waals surface area contributed by atoms with E-state index in [1.54, 1.807) is 12.1 Å². The highest BCUT2D eigenvalue weighted by Gasteiger charge is 2.10. The maximum absolute atomic E-state index is 11.8. The van der Waals surface area contributed by atoms with Crippen LogP contribution in [-0.2, 0) is 0 Å². The fraction of sp³-hybridized carbons (Fsp3) is 0.222. The third-order valence-corrected chi connectivity index (χ3v) is 2.25. The van der Waals surface area contributed by atoms with Crippen molar-refractivity contribution in [3.05, 3.63) is 27.3 Å². The monoisotopic (exact) mass is 309 g/mol. The number of alkyl halides is 1. The fourth-order valence-corrected chi connectivity index (χ4v) is 1.44. The van der Waals surface area contributed by atoms with Gasteiger partial charge in [0.05, 0.1) is 5.56 Å². The van der Waals surface area contributed by atoms with Gasteiger partial charge in [-0.3, -0.25) is 4.79 Å². The van der Waals surface area contributed by atoms with Gasteiger partial charge in [0.15, 0.2) is 0 Å². The van der Waals surface area contributed by atoms with Gasteiger partial charge in [-0.25, -0.2) is 4.39 Å². The van der Waals surface area contributed by atoms with E-state index >= 15 is 0 Å². The fourth-order valence-electron chi connectivity index (χ4n) is 0.946. The summed E-state index contributed by atoms with van der Waals surface area (Å²) in [5.74, 6) is -0.555. The molecule has 0 saturated carbocycles. The number of hydrogen-bond acceptors (Lipinski definition) is 2. The van der Waals surface area contributed by atoms with Crippen LogP contribution in [0.3, 0.4) is 0 Å². The Morgan fingerprint density at radius 2 is 2.29 bits per heavy atom. The number of carbonyl (C=O) groups excluding carboxylic acids is 1. The first-order valence-corrected chi connectivity index (χ1v) is 5.05. The van der Waals surface area contributed by atoms with Crippen LogP contribution in [0, 0.1) is 3.57 Å². The van der Waals surface area contributed by atoms with Crippen LogP contribution >= 0.6 is 22.6 Å². The first kappa shape index (κ1) is 11.2. The van der Waals surface area contributed by atoms with E-state index in [9.17, 15) is 14.3 Å². The van der Waals surface area contributed by atoms with Gasteiger partial charge >= 0.3 is 0 Å². The lowest BCUT2D eigenvalue weighted by atomic mass is 10.2. The Balaban J connectivity index is 2.83. The van der Waals surface area contributed by atoms with Gasteiger partial charge in [0.25, 0.3) is 5.91 Å². The number of phenols is 1.